The van der Waals surface area contributed by atoms with Crippen molar-refractivity contribution in [1.29, 1.82) is 5.41 Å². The maximum atomic E-state index is 7.40. The summed E-state index contributed by atoms with van der Waals surface area (Å²) in [5.41, 5.74) is 5.67. The maximum absolute atomic E-state index is 7.40. The van der Waals surface area contributed by atoms with Crippen molar-refractivity contribution in [3.05, 3.63) is 0 Å². The lowest BCUT2D eigenvalue weighted by Gasteiger charge is -2.24. The van der Waals surface area contributed by atoms with Crippen LogP contribution in [0.2, 0.25) is 0 Å². The monoisotopic (exact) mass is 199 g/mol. The molecule has 1 fully saturated rings. The lowest BCUT2D eigenvalue weighted by atomic mass is 9.83. The fourth-order valence-electron chi connectivity index (χ4n) is 1.92. The first kappa shape index (κ1) is 11.3. The highest BCUT2D eigenvalue weighted by atomic mass is 16.5. The van der Waals surface area contributed by atoms with E-state index in [9.17, 15) is 0 Å². The summed E-state index contributed by atoms with van der Waals surface area (Å²) in [7, 11) is 0. The molecule has 0 aromatic heterocycles. The van der Waals surface area contributed by atoms with Crippen molar-refractivity contribution in [3.63, 3.8) is 0 Å². The van der Waals surface area contributed by atoms with E-state index in [0.717, 1.165) is 26.3 Å². The van der Waals surface area contributed by atoms with Crippen LogP contribution in [0.5, 0.6) is 0 Å². The molecule has 0 aromatic rings. The molecule has 0 aliphatic carbocycles. The molecular weight excluding hydrogens is 178 g/mol. The Bertz CT molecular complexity index is 215. The molecule has 1 heterocycles. The molecule has 3 N–H and O–H groups in total. The summed E-state index contributed by atoms with van der Waals surface area (Å²) in [4.78, 5) is 1.92. The molecule has 82 valence electrons. The molecular formula is C10H21N3O. The Morgan fingerprint density at radius 1 is 1.64 bits per heavy atom. The number of ether oxygens (including phenoxy) is 1. The minimum absolute atomic E-state index is 0.178. The van der Waals surface area contributed by atoms with Crippen LogP contribution in [0, 0.1) is 16.7 Å². The molecule has 1 aliphatic rings. The minimum Gasteiger partial charge on any atom is -0.381 e. The van der Waals surface area contributed by atoms with E-state index in [2.05, 4.69) is 13.8 Å². The zero-order valence-corrected chi connectivity index (χ0v) is 9.34. The third kappa shape index (κ3) is 2.38. The molecule has 0 bridgehead atoms. The van der Waals surface area contributed by atoms with Crippen LogP contribution in [0.4, 0.5) is 0 Å². The highest BCUT2D eigenvalue weighted by Gasteiger charge is 2.39. The molecule has 0 saturated carbocycles. The smallest absolute Gasteiger partial charge is 0.188 e. The highest BCUT2D eigenvalue weighted by molar-refractivity contribution is 5.75. The van der Waals surface area contributed by atoms with Gasteiger partial charge in [0, 0.05) is 25.6 Å². The largest absolute Gasteiger partial charge is 0.381 e. The Hall–Kier alpha value is -0.770. The van der Waals surface area contributed by atoms with Gasteiger partial charge in [-0.2, -0.15) is 0 Å². The van der Waals surface area contributed by atoms with Crippen molar-refractivity contribution < 1.29 is 4.74 Å². The zero-order valence-electron chi connectivity index (χ0n) is 9.34. The summed E-state index contributed by atoms with van der Waals surface area (Å²) in [6, 6.07) is 0. The standard InChI is InChI=1S/C10H21N3O/c1-4-14-6-8-5-13(9(11)12)7-10(8,2)3/h8H,4-7H2,1-3H3,(H3,11,12). The summed E-state index contributed by atoms with van der Waals surface area (Å²) in [6.45, 7) is 9.66. The van der Waals surface area contributed by atoms with Crippen molar-refractivity contribution in [2.24, 2.45) is 17.1 Å². The van der Waals surface area contributed by atoms with Gasteiger partial charge in [-0.3, -0.25) is 5.41 Å². The quantitative estimate of drug-likeness (QED) is 0.524. The van der Waals surface area contributed by atoms with Gasteiger partial charge in [-0.05, 0) is 12.3 Å². The Morgan fingerprint density at radius 3 is 2.71 bits per heavy atom. The van der Waals surface area contributed by atoms with Crippen LogP contribution in [0.3, 0.4) is 0 Å². The van der Waals surface area contributed by atoms with Crippen LogP contribution in [-0.2, 0) is 4.74 Å². The van der Waals surface area contributed by atoms with E-state index in [1.807, 2.05) is 11.8 Å². The van der Waals surface area contributed by atoms with Crippen LogP contribution < -0.4 is 5.73 Å². The average Bonchev–Trinajstić information content (AvgIpc) is 2.38. The van der Waals surface area contributed by atoms with E-state index in [1.54, 1.807) is 0 Å². The second kappa shape index (κ2) is 4.17. The second-order valence-electron chi connectivity index (χ2n) is 4.61. The van der Waals surface area contributed by atoms with Crippen molar-refractivity contribution in [2.75, 3.05) is 26.3 Å². The van der Waals surface area contributed by atoms with Crippen molar-refractivity contribution >= 4 is 5.96 Å². The molecule has 1 unspecified atom stereocenters. The molecule has 1 saturated heterocycles. The first-order valence-corrected chi connectivity index (χ1v) is 5.14. The summed E-state index contributed by atoms with van der Waals surface area (Å²) in [6.07, 6.45) is 0. The predicted octanol–water partition coefficient (Wildman–Crippen LogP) is 0.874. The lowest BCUT2D eigenvalue weighted by molar-refractivity contribution is 0.0799. The van der Waals surface area contributed by atoms with E-state index in [0.29, 0.717) is 5.92 Å². The van der Waals surface area contributed by atoms with Gasteiger partial charge in [0.05, 0.1) is 6.61 Å². The van der Waals surface area contributed by atoms with Gasteiger partial charge < -0.3 is 15.4 Å². The van der Waals surface area contributed by atoms with Gasteiger partial charge in [-0.15, -0.1) is 0 Å². The fourth-order valence-corrected chi connectivity index (χ4v) is 1.92. The molecule has 14 heavy (non-hydrogen) atoms. The van der Waals surface area contributed by atoms with Crippen LogP contribution in [0.25, 0.3) is 0 Å². The molecule has 0 amide bonds. The second-order valence-corrected chi connectivity index (χ2v) is 4.61. The van der Waals surface area contributed by atoms with Gasteiger partial charge >= 0.3 is 0 Å². The van der Waals surface area contributed by atoms with Gasteiger partial charge in [0.25, 0.3) is 0 Å². The number of hydrogen-bond donors (Lipinski definition) is 2. The topological polar surface area (TPSA) is 62.3 Å². The third-order valence-corrected chi connectivity index (χ3v) is 3.01. The molecule has 1 aliphatic heterocycles. The zero-order chi connectivity index (χ0) is 10.8. The number of nitrogens with zero attached hydrogens (tertiary/aromatic N) is 1. The molecule has 0 radical (unpaired) electrons. The van der Waals surface area contributed by atoms with E-state index in [1.165, 1.54) is 0 Å². The molecule has 4 heteroatoms. The van der Waals surface area contributed by atoms with Crippen molar-refractivity contribution in [2.45, 2.75) is 20.8 Å². The lowest BCUT2D eigenvalue weighted by Crippen LogP contribution is -2.35. The normalized spacial score (nSPS) is 25.4. The fraction of sp³-hybridized carbons (Fsp3) is 0.900. The van der Waals surface area contributed by atoms with Crippen LogP contribution >= 0.6 is 0 Å². The number of guanidine groups is 1. The molecule has 1 rings (SSSR count). The Labute approximate surface area is 85.9 Å². The van der Waals surface area contributed by atoms with E-state index in [-0.39, 0.29) is 11.4 Å². The average molecular weight is 199 g/mol. The Balaban J connectivity index is 2.55. The molecule has 4 nitrogen and oxygen atoms in total. The summed E-state index contributed by atoms with van der Waals surface area (Å²) >= 11 is 0. The molecule has 1 atom stereocenters. The number of nitrogens with two attached hydrogens (primary N) is 1. The number of hydrogen-bond acceptors (Lipinski definition) is 2. The number of rotatable bonds is 3. The SMILES string of the molecule is CCOCC1CN(C(=N)N)CC1(C)C. The summed E-state index contributed by atoms with van der Waals surface area (Å²) < 4.78 is 5.44. The van der Waals surface area contributed by atoms with Crippen LogP contribution in [-0.4, -0.2) is 37.2 Å². The Morgan fingerprint density at radius 2 is 2.29 bits per heavy atom. The number of nitrogens with one attached hydrogen (secondary N) is 1. The van der Waals surface area contributed by atoms with Gasteiger partial charge in [0.2, 0.25) is 0 Å². The van der Waals surface area contributed by atoms with Crippen molar-refractivity contribution in [3.8, 4) is 0 Å². The first-order chi connectivity index (χ1) is 6.47. The predicted molar refractivity (Wildman–Crippen MR) is 57.3 cm³/mol. The van der Waals surface area contributed by atoms with E-state index >= 15 is 0 Å². The molecule has 0 aromatic carbocycles. The van der Waals surface area contributed by atoms with Crippen LogP contribution in [0.1, 0.15) is 20.8 Å². The molecule has 0 spiro atoms. The highest BCUT2D eigenvalue weighted by Crippen LogP contribution is 2.34. The maximum Gasteiger partial charge on any atom is 0.188 e. The van der Waals surface area contributed by atoms with Gasteiger partial charge in [0.15, 0.2) is 5.96 Å². The van der Waals surface area contributed by atoms with E-state index in [4.69, 9.17) is 15.9 Å². The summed E-state index contributed by atoms with van der Waals surface area (Å²) in [5, 5.41) is 7.40. The minimum atomic E-state index is 0.178. The third-order valence-electron chi connectivity index (χ3n) is 3.01. The van der Waals surface area contributed by atoms with Gasteiger partial charge in [0.1, 0.15) is 0 Å². The van der Waals surface area contributed by atoms with E-state index < -0.39 is 0 Å². The van der Waals surface area contributed by atoms with Crippen LogP contribution in [0.15, 0.2) is 0 Å². The van der Waals surface area contributed by atoms with Gasteiger partial charge in [-0.1, -0.05) is 13.8 Å². The summed E-state index contributed by atoms with van der Waals surface area (Å²) in [5.74, 6) is 0.656. The van der Waals surface area contributed by atoms with Crippen molar-refractivity contribution in [1.82, 2.24) is 4.90 Å². The number of likely N-dealkylation sites (tertiary alicyclic amines) is 1. The van der Waals surface area contributed by atoms with Gasteiger partial charge in [-0.25, -0.2) is 0 Å². The Kier molecular flexibility index (Phi) is 3.37. The first-order valence-electron chi connectivity index (χ1n) is 5.14.